The van der Waals surface area contributed by atoms with Crippen molar-refractivity contribution in [3.05, 3.63) is 34.4 Å². The lowest BCUT2D eigenvalue weighted by molar-refractivity contribution is -0.384. The number of nitro benzene ring substituents is 1. The lowest BCUT2D eigenvalue weighted by Crippen LogP contribution is -2.27. The zero-order chi connectivity index (χ0) is 14.8. The molecule has 0 aliphatic rings. The summed E-state index contributed by atoms with van der Waals surface area (Å²) >= 11 is 0. The number of carbonyl (C=O) groups excluding carboxylic acids is 1. The van der Waals surface area contributed by atoms with E-state index in [1.54, 1.807) is 19.2 Å². The molecule has 2 N–H and O–H groups in total. The highest BCUT2D eigenvalue weighted by Crippen LogP contribution is 2.15. The van der Waals surface area contributed by atoms with Crippen LogP contribution in [-0.4, -0.2) is 37.6 Å². The molecule has 0 atom stereocenters. The Morgan fingerprint density at radius 3 is 2.60 bits per heavy atom. The van der Waals surface area contributed by atoms with Gasteiger partial charge >= 0.3 is 0 Å². The highest BCUT2D eigenvalue weighted by molar-refractivity contribution is 5.75. The second-order valence-electron chi connectivity index (χ2n) is 4.18. The van der Waals surface area contributed by atoms with Crippen molar-refractivity contribution in [2.75, 3.05) is 32.1 Å². The molecule has 1 amide bonds. The van der Waals surface area contributed by atoms with E-state index in [1.807, 2.05) is 0 Å². The molecule has 0 unspecified atom stereocenters. The molecule has 0 aliphatic carbocycles. The Morgan fingerprint density at radius 1 is 1.30 bits per heavy atom. The van der Waals surface area contributed by atoms with Gasteiger partial charge in [-0.3, -0.25) is 14.9 Å². The number of ether oxygens (including phenoxy) is 1. The van der Waals surface area contributed by atoms with E-state index in [9.17, 15) is 14.9 Å². The molecule has 1 rings (SSSR count). The third-order valence-electron chi connectivity index (χ3n) is 2.62. The van der Waals surface area contributed by atoms with E-state index in [-0.39, 0.29) is 11.6 Å². The van der Waals surface area contributed by atoms with Gasteiger partial charge in [-0.25, -0.2) is 0 Å². The first kappa shape index (κ1) is 15.9. The van der Waals surface area contributed by atoms with Crippen LogP contribution in [0.4, 0.5) is 11.4 Å². The van der Waals surface area contributed by atoms with Crippen LogP contribution < -0.4 is 10.6 Å². The molecule has 0 saturated carbocycles. The summed E-state index contributed by atoms with van der Waals surface area (Å²) in [5, 5.41) is 16.3. The molecule has 0 spiro atoms. The third-order valence-corrected chi connectivity index (χ3v) is 2.62. The van der Waals surface area contributed by atoms with E-state index in [4.69, 9.17) is 4.74 Å². The van der Waals surface area contributed by atoms with Crippen molar-refractivity contribution in [1.29, 1.82) is 0 Å². The number of nitro groups is 1. The minimum Gasteiger partial charge on any atom is -0.385 e. The van der Waals surface area contributed by atoms with Gasteiger partial charge in [0.15, 0.2) is 0 Å². The zero-order valence-electron chi connectivity index (χ0n) is 11.4. The van der Waals surface area contributed by atoms with Gasteiger partial charge in [-0.1, -0.05) is 0 Å². The Labute approximate surface area is 117 Å². The Hall–Kier alpha value is -2.15. The molecule has 1 aromatic carbocycles. The molecule has 0 fully saturated rings. The molecule has 0 aliphatic heterocycles. The monoisotopic (exact) mass is 281 g/mol. The lowest BCUT2D eigenvalue weighted by Gasteiger charge is -2.07. The maximum absolute atomic E-state index is 11.4. The number of methoxy groups -OCH3 is 1. The topological polar surface area (TPSA) is 93.5 Å². The van der Waals surface area contributed by atoms with Crippen LogP contribution in [0.1, 0.15) is 12.8 Å². The lowest BCUT2D eigenvalue weighted by atomic mass is 10.2. The van der Waals surface area contributed by atoms with Gasteiger partial charge in [0.05, 0.1) is 11.5 Å². The SMILES string of the molecule is COCCNC(=O)CCCNc1ccc([N+](=O)[O-])cc1. The summed E-state index contributed by atoms with van der Waals surface area (Å²) in [4.78, 5) is 21.4. The molecule has 20 heavy (non-hydrogen) atoms. The van der Waals surface area contributed by atoms with Crippen LogP contribution in [0.3, 0.4) is 0 Å². The number of nitrogens with one attached hydrogen (secondary N) is 2. The van der Waals surface area contributed by atoms with Crippen molar-refractivity contribution < 1.29 is 14.5 Å². The second-order valence-corrected chi connectivity index (χ2v) is 4.18. The Kier molecular flexibility index (Phi) is 7.05. The summed E-state index contributed by atoms with van der Waals surface area (Å²) in [6.07, 6.45) is 1.12. The molecule has 0 saturated heterocycles. The van der Waals surface area contributed by atoms with Gasteiger partial charge in [0.25, 0.3) is 5.69 Å². The molecule has 0 bridgehead atoms. The van der Waals surface area contributed by atoms with E-state index in [2.05, 4.69) is 10.6 Å². The van der Waals surface area contributed by atoms with Crippen molar-refractivity contribution >= 4 is 17.3 Å². The average molecular weight is 281 g/mol. The van der Waals surface area contributed by atoms with Crippen LogP contribution >= 0.6 is 0 Å². The van der Waals surface area contributed by atoms with Crippen LogP contribution in [-0.2, 0) is 9.53 Å². The summed E-state index contributed by atoms with van der Waals surface area (Å²) in [6.45, 7) is 1.66. The van der Waals surface area contributed by atoms with Crippen molar-refractivity contribution in [3.8, 4) is 0 Å². The van der Waals surface area contributed by atoms with Crippen LogP contribution in [0.5, 0.6) is 0 Å². The van der Waals surface area contributed by atoms with Crippen molar-refractivity contribution in [3.63, 3.8) is 0 Å². The summed E-state index contributed by atoms with van der Waals surface area (Å²) in [5.41, 5.74) is 0.864. The first-order chi connectivity index (χ1) is 9.63. The molecular formula is C13H19N3O4. The quantitative estimate of drug-likeness (QED) is 0.407. The predicted molar refractivity (Wildman–Crippen MR) is 75.7 cm³/mol. The number of nitrogens with zero attached hydrogens (tertiary/aromatic N) is 1. The van der Waals surface area contributed by atoms with E-state index in [1.165, 1.54) is 12.1 Å². The van der Waals surface area contributed by atoms with Gasteiger partial charge in [0.1, 0.15) is 0 Å². The van der Waals surface area contributed by atoms with Crippen molar-refractivity contribution in [2.24, 2.45) is 0 Å². The summed E-state index contributed by atoms with van der Waals surface area (Å²) in [7, 11) is 1.58. The number of hydrogen-bond donors (Lipinski definition) is 2. The van der Waals surface area contributed by atoms with Gasteiger partial charge in [-0.05, 0) is 18.6 Å². The molecule has 0 radical (unpaired) electrons. The molecule has 0 aromatic heterocycles. The van der Waals surface area contributed by atoms with Gasteiger partial charge in [0.2, 0.25) is 5.91 Å². The number of non-ortho nitro benzene ring substituents is 1. The summed E-state index contributed by atoms with van der Waals surface area (Å²) < 4.78 is 4.83. The van der Waals surface area contributed by atoms with Crippen LogP contribution in [0.25, 0.3) is 0 Å². The van der Waals surface area contributed by atoms with Gasteiger partial charge in [-0.15, -0.1) is 0 Å². The number of amides is 1. The molecule has 7 heteroatoms. The predicted octanol–water partition coefficient (Wildman–Crippen LogP) is 1.55. The number of carbonyl (C=O) groups is 1. The average Bonchev–Trinajstić information content (AvgIpc) is 2.44. The first-order valence-corrected chi connectivity index (χ1v) is 6.37. The zero-order valence-corrected chi connectivity index (χ0v) is 11.4. The molecule has 7 nitrogen and oxygen atoms in total. The number of hydrogen-bond acceptors (Lipinski definition) is 5. The third kappa shape index (κ3) is 6.14. The fourth-order valence-corrected chi connectivity index (χ4v) is 1.56. The molecule has 1 aromatic rings. The summed E-state index contributed by atoms with van der Waals surface area (Å²) in [5.74, 6) is -0.00690. The number of anilines is 1. The highest BCUT2D eigenvalue weighted by atomic mass is 16.6. The fourth-order valence-electron chi connectivity index (χ4n) is 1.56. The van der Waals surface area contributed by atoms with Gasteiger partial charge < -0.3 is 15.4 Å². The minimum absolute atomic E-state index is 0.00690. The van der Waals surface area contributed by atoms with Crippen molar-refractivity contribution in [1.82, 2.24) is 5.32 Å². The van der Waals surface area contributed by atoms with E-state index in [0.29, 0.717) is 32.5 Å². The molecular weight excluding hydrogens is 262 g/mol. The van der Waals surface area contributed by atoms with Crippen molar-refractivity contribution in [2.45, 2.75) is 12.8 Å². The highest BCUT2D eigenvalue weighted by Gasteiger charge is 2.04. The largest absolute Gasteiger partial charge is 0.385 e. The Bertz CT molecular complexity index is 434. The second kappa shape index (κ2) is 8.87. The standard InChI is InChI=1S/C13H19N3O4/c1-20-10-9-15-13(17)3-2-8-14-11-4-6-12(7-5-11)16(18)19/h4-7,14H,2-3,8-10H2,1H3,(H,15,17). The fraction of sp³-hybridized carbons (Fsp3) is 0.462. The summed E-state index contributed by atoms with van der Waals surface area (Å²) in [6, 6.07) is 6.19. The number of benzene rings is 1. The van der Waals surface area contributed by atoms with Gasteiger partial charge in [0, 0.05) is 44.4 Å². The molecule has 0 heterocycles. The first-order valence-electron chi connectivity index (χ1n) is 6.37. The normalized spacial score (nSPS) is 10.1. The van der Waals surface area contributed by atoms with Crippen LogP contribution in [0, 0.1) is 10.1 Å². The smallest absolute Gasteiger partial charge is 0.269 e. The van der Waals surface area contributed by atoms with Crippen LogP contribution in [0.2, 0.25) is 0 Å². The Balaban J connectivity index is 2.17. The maximum Gasteiger partial charge on any atom is 0.269 e. The van der Waals surface area contributed by atoms with E-state index in [0.717, 1.165) is 5.69 Å². The Morgan fingerprint density at radius 2 is 2.00 bits per heavy atom. The van der Waals surface area contributed by atoms with Gasteiger partial charge in [-0.2, -0.15) is 0 Å². The maximum atomic E-state index is 11.4. The van der Waals surface area contributed by atoms with Crippen LogP contribution in [0.15, 0.2) is 24.3 Å². The minimum atomic E-state index is -0.436. The molecule has 110 valence electrons. The number of rotatable bonds is 9. The van der Waals surface area contributed by atoms with E-state index < -0.39 is 4.92 Å². The van der Waals surface area contributed by atoms with E-state index >= 15 is 0 Å².